The maximum absolute atomic E-state index is 3.41. The van der Waals surface area contributed by atoms with Crippen LogP contribution in [0.1, 0.15) is 34.1 Å². The number of hydrogen-bond donors (Lipinski definition) is 1. The number of rotatable bonds is 1. The summed E-state index contributed by atoms with van der Waals surface area (Å²) in [5.74, 6) is 0. The van der Waals surface area contributed by atoms with Crippen LogP contribution in [-0.2, 0) is 0 Å². The molecule has 0 aromatic carbocycles. The van der Waals surface area contributed by atoms with Gasteiger partial charge in [0.05, 0.1) is 0 Å². The van der Waals surface area contributed by atoms with E-state index in [0.29, 0.717) is 5.54 Å². The molecule has 0 aliphatic carbocycles. The Morgan fingerprint density at radius 2 is 2.09 bits per heavy atom. The molecule has 1 aliphatic heterocycles. The smallest absolute Gasteiger partial charge is 0.0489 e. The van der Waals surface area contributed by atoms with Crippen LogP contribution in [0.2, 0.25) is 0 Å². The third kappa shape index (κ3) is 1.94. The van der Waals surface area contributed by atoms with E-state index < -0.39 is 0 Å². The van der Waals surface area contributed by atoms with Crippen molar-refractivity contribution in [2.45, 2.75) is 45.7 Å². The molecule has 0 bridgehead atoms. The van der Waals surface area contributed by atoms with E-state index in [9.17, 15) is 0 Å². The number of nitrogens with zero attached hydrogens (tertiary/aromatic N) is 1. The zero-order valence-electron chi connectivity index (χ0n) is 8.15. The van der Waals surface area contributed by atoms with Gasteiger partial charge in [-0.1, -0.05) is 6.92 Å². The highest BCUT2D eigenvalue weighted by Gasteiger charge is 2.31. The summed E-state index contributed by atoms with van der Waals surface area (Å²) >= 11 is 0. The summed E-state index contributed by atoms with van der Waals surface area (Å²) in [6.45, 7) is 11.3. The molecule has 0 amide bonds. The first-order chi connectivity index (χ1) is 5.05. The second kappa shape index (κ2) is 3.11. The molecular formula is C9H20N2. The lowest BCUT2D eigenvalue weighted by Crippen LogP contribution is -2.45. The number of nitrogens with one attached hydrogen (secondary N) is 1. The van der Waals surface area contributed by atoms with Crippen molar-refractivity contribution in [1.29, 1.82) is 0 Å². The highest BCUT2D eigenvalue weighted by Crippen LogP contribution is 2.20. The standard InChI is InChI=1S/C9H20N2/c1-5-8-6-10-7-11(8)9(2,3)4/h8,10H,5-7H2,1-4H3. The molecule has 1 heterocycles. The van der Waals surface area contributed by atoms with Crippen LogP contribution in [0.3, 0.4) is 0 Å². The quantitative estimate of drug-likeness (QED) is 0.618. The van der Waals surface area contributed by atoms with E-state index in [2.05, 4.69) is 37.9 Å². The van der Waals surface area contributed by atoms with E-state index in [1.807, 2.05) is 0 Å². The lowest BCUT2D eigenvalue weighted by Gasteiger charge is -2.35. The molecule has 1 atom stereocenters. The van der Waals surface area contributed by atoms with Gasteiger partial charge in [0.2, 0.25) is 0 Å². The molecule has 1 rings (SSSR count). The van der Waals surface area contributed by atoms with Gasteiger partial charge in [-0.05, 0) is 27.2 Å². The Balaban J connectivity index is 2.57. The molecule has 0 spiro atoms. The van der Waals surface area contributed by atoms with Crippen molar-refractivity contribution >= 4 is 0 Å². The van der Waals surface area contributed by atoms with Gasteiger partial charge in [0.1, 0.15) is 0 Å². The molecule has 1 N–H and O–H groups in total. The first-order valence-electron chi connectivity index (χ1n) is 4.53. The van der Waals surface area contributed by atoms with Gasteiger partial charge in [0, 0.05) is 24.8 Å². The summed E-state index contributed by atoms with van der Waals surface area (Å²) in [5.41, 5.74) is 0.324. The molecule has 2 nitrogen and oxygen atoms in total. The minimum absolute atomic E-state index is 0.324. The average molecular weight is 156 g/mol. The van der Waals surface area contributed by atoms with Gasteiger partial charge in [-0.25, -0.2) is 0 Å². The van der Waals surface area contributed by atoms with Crippen molar-refractivity contribution in [1.82, 2.24) is 10.2 Å². The summed E-state index contributed by atoms with van der Waals surface area (Å²) in [4.78, 5) is 2.53. The summed E-state index contributed by atoms with van der Waals surface area (Å²) < 4.78 is 0. The summed E-state index contributed by atoms with van der Waals surface area (Å²) in [5, 5.41) is 3.41. The van der Waals surface area contributed by atoms with Crippen LogP contribution in [0.15, 0.2) is 0 Å². The molecule has 2 heteroatoms. The van der Waals surface area contributed by atoms with Gasteiger partial charge >= 0.3 is 0 Å². The molecule has 1 fully saturated rings. The molecule has 0 aromatic rings. The first-order valence-corrected chi connectivity index (χ1v) is 4.53. The van der Waals surface area contributed by atoms with Crippen LogP contribution < -0.4 is 5.32 Å². The van der Waals surface area contributed by atoms with E-state index in [-0.39, 0.29) is 0 Å². The second-order valence-corrected chi connectivity index (χ2v) is 4.31. The molecule has 1 aliphatic rings. The van der Waals surface area contributed by atoms with Gasteiger partial charge in [-0.15, -0.1) is 0 Å². The predicted octanol–water partition coefficient (Wildman–Crippen LogP) is 1.43. The Kier molecular flexibility index (Phi) is 2.55. The fourth-order valence-electron chi connectivity index (χ4n) is 1.74. The third-order valence-electron chi connectivity index (χ3n) is 2.44. The van der Waals surface area contributed by atoms with Crippen LogP contribution in [0.25, 0.3) is 0 Å². The van der Waals surface area contributed by atoms with Crippen molar-refractivity contribution in [2.24, 2.45) is 0 Å². The Hall–Kier alpha value is -0.0800. The van der Waals surface area contributed by atoms with Crippen LogP contribution in [0.4, 0.5) is 0 Å². The van der Waals surface area contributed by atoms with E-state index in [1.165, 1.54) is 6.42 Å². The molecule has 0 radical (unpaired) electrons. The van der Waals surface area contributed by atoms with Gasteiger partial charge in [-0.3, -0.25) is 4.90 Å². The van der Waals surface area contributed by atoms with Crippen LogP contribution >= 0.6 is 0 Å². The van der Waals surface area contributed by atoms with E-state index >= 15 is 0 Å². The summed E-state index contributed by atoms with van der Waals surface area (Å²) in [7, 11) is 0. The fourth-order valence-corrected chi connectivity index (χ4v) is 1.74. The molecule has 0 saturated carbocycles. The van der Waals surface area contributed by atoms with E-state index in [0.717, 1.165) is 19.3 Å². The van der Waals surface area contributed by atoms with Crippen molar-refractivity contribution in [3.8, 4) is 0 Å². The normalized spacial score (nSPS) is 27.8. The monoisotopic (exact) mass is 156 g/mol. The zero-order chi connectivity index (χ0) is 8.48. The molecule has 1 unspecified atom stereocenters. The van der Waals surface area contributed by atoms with Gasteiger partial charge in [-0.2, -0.15) is 0 Å². The highest BCUT2D eigenvalue weighted by molar-refractivity contribution is 4.87. The third-order valence-corrected chi connectivity index (χ3v) is 2.44. The maximum atomic E-state index is 3.41. The summed E-state index contributed by atoms with van der Waals surface area (Å²) in [6.07, 6.45) is 1.25. The van der Waals surface area contributed by atoms with Crippen molar-refractivity contribution in [3.63, 3.8) is 0 Å². The SMILES string of the molecule is CCC1CNCN1C(C)(C)C. The zero-order valence-corrected chi connectivity index (χ0v) is 8.15. The number of hydrogen-bond acceptors (Lipinski definition) is 2. The Morgan fingerprint density at radius 1 is 1.45 bits per heavy atom. The van der Waals surface area contributed by atoms with Crippen LogP contribution in [0, 0.1) is 0 Å². The van der Waals surface area contributed by atoms with Crippen LogP contribution in [-0.4, -0.2) is 29.7 Å². The summed E-state index contributed by atoms with van der Waals surface area (Å²) in [6, 6.07) is 0.745. The highest BCUT2D eigenvalue weighted by atomic mass is 15.3. The van der Waals surface area contributed by atoms with Crippen molar-refractivity contribution < 1.29 is 0 Å². The molecule has 1 saturated heterocycles. The lowest BCUT2D eigenvalue weighted by molar-refractivity contribution is 0.121. The lowest BCUT2D eigenvalue weighted by atomic mass is 10.0. The van der Waals surface area contributed by atoms with Crippen LogP contribution in [0.5, 0.6) is 0 Å². The Bertz CT molecular complexity index is 126. The molecular weight excluding hydrogens is 136 g/mol. The second-order valence-electron chi connectivity index (χ2n) is 4.31. The van der Waals surface area contributed by atoms with Gasteiger partial charge in [0.25, 0.3) is 0 Å². The minimum Gasteiger partial charge on any atom is -0.303 e. The molecule has 0 aromatic heterocycles. The van der Waals surface area contributed by atoms with Gasteiger partial charge < -0.3 is 5.32 Å². The average Bonchev–Trinajstić information content (AvgIpc) is 2.31. The Morgan fingerprint density at radius 3 is 2.45 bits per heavy atom. The minimum atomic E-state index is 0.324. The predicted molar refractivity (Wildman–Crippen MR) is 48.5 cm³/mol. The van der Waals surface area contributed by atoms with Crippen molar-refractivity contribution in [3.05, 3.63) is 0 Å². The van der Waals surface area contributed by atoms with Crippen molar-refractivity contribution in [2.75, 3.05) is 13.2 Å². The Labute approximate surface area is 70.0 Å². The fraction of sp³-hybridized carbons (Fsp3) is 1.00. The van der Waals surface area contributed by atoms with Gasteiger partial charge in [0.15, 0.2) is 0 Å². The van der Waals surface area contributed by atoms with E-state index in [1.54, 1.807) is 0 Å². The van der Waals surface area contributed by atoms with E-state index in [4.69, 9.17) is 0 Å². The molecule has 11 heavy (non-hydrogen) atoms. The maximum Gasteiger partial charge on any atom is 0.0489 e. The molecule has 66 valence electrons. The first kappa shape index (κ1) is 9.01. The largest absolute Gasteiger partial charge is 0.303 e. The topological polar surface area (TPSA) is 15.3 Å².